The number of carbonyl (C=O) groups excluding carboxylic acids is 1. The molecule has 0 bridgehead atoms. The maximum absolute atomic E-state index is 11.8. The van der Waals surface area contributed by atoms with Crippen LogP contribution in [0.15, 0.2) is 23.1 Å². The van der Waals surface area contributed by atoms with E-state index < -0.39 is 10.8 Å². The Morgan fingerprint density at radius 1 is 1.56 bits per heavy atom. The summed E-state index contributed by atoms with van der Waals surface area (Å²) in [4.78, 5) is 11.8. The second-order valence-electron chi connectivity index (χ2n) is 3.43. The van der Waals surface area contributed by atoms with Crippen LogP contribution in [0, 0.1) is 11.3 Å². The average Bonchev–Trinajstić information content (AvgIpc) is 2.33. The highest BCUT2D eigenvalue weighted by molar-refractivity contribution is 7.85. The number of hydrogen-bond donors (Lipinski definition) is 2. The Kier molecular flexibility index (Phi) is 5.62. The molecule has 0 aliphatic heterocycles. The van der Waals surface area contributed by atoms with Crippen LogP contribution in [-0.2, 0) is 15.6 Å². The number of nitriles is 1. The Bertz CT molecular complexity index is 514. The Morgan fingerprint density at radius 2 is 2.28 bits per heavy atom. The second kappa shape index (κ2) is 6.99. The Balaban J connectivity index is 2.57. The molecule has 0 aliphatic rings. The fraction of sp³-hybridized carbons (Fsp3) is 0.273. The summed E-state index contributed by atoms with van der Waals surface area (Å²) in [6, 6.07) is 6.50. The largest absolute Gasteiger partial charge is 0.398 e. The van der Waals surface area contributed by atoms with E-state index in [0.717, 1.165) is 0 Å². The molecule has 18 heavy (non-hydrogen) atoms. The van der Waals surface area contributed by atoms with Crippen molar-refractivity contribution in [2.75, 3.05) is 18.0 Å². The zero-order valence-corrected chi connectivity index (χ0v) is 11.1. The van der Waals surface area contributed by atoms with Crippen molar-refractivity contribution in [3.63, 3.8) is 0 Å². The van der Waals surface area contributed by atoms with Gasteiger partial charge in [0.25, 0.3) is 0 Å². The number of nitrogen functional groups attached to an aromatic ring is 1. The maximum atomic E-state index is 11.8. The number of nitrogens with two attached hydrogens (primary N) is 1. The molecule has 0 saturated carbocycles. The van der Waals surface area contributed by atoms with Crippen LogP contribution in [0.5, 0.6) is 0 Å². The van der Waals surface area contributed by atoms with Crippen molar-refractivity contribution in [3.8, 4) is 6.07 Å². The van der Waals surface area contributed by atoms with E-state index in [0.29, 0.717) is 15.6 Å². The molecule has 0 heterocycles. The summed E-state index contributed by atoms with van der Waals surface area (Å²) in [5.74, 6) is -0.525. The SMILES string of the molecule is N#CCCNC(=O)CS(=O)c1ccc(N)c(Cl)c1. The monoisotopic (exact) mass is 285 g/mol. The first-order chi connectivity index (χ1) is 8.54. The summed E-state index contributed by atoms with van der Waals surface area (Å²) in [5.41, 5.74) is 5.93. The van der Waals surface area contributed by atoms with E-state index in [1.807, 2.05) is 6.07 Å². The smallest absolute Gasteiger partial charge is 0.233 e. The quantitative estimate of drug-likeness (QED) is 0.624. The number of carbonyl (C=O) groups is 1. The molecule has 0 saturated heterocycles. The molecular weight excluding hydrogens is 274 g/mol. The number of rotatable bonds is 5. The summed E-state index contributed by atoms with van der Waals surface area (Å²) < 4.78 is 11.8. The van der Waals surface area contributed by atoms with E-state index in [9.17, 15) is 9.00 Å². The zero-order valence-electron chi connectivity index (χ0n) is 9.48. The van der Waals surface area contributed by atoms with Gasteiger partial charge in [-0.25, -0.2) is 0 Å². The Morgan fingerprint density at radius 3 is 2.89 bits per heavy atom. The lowest BCUT2D eigenvalue weighted by atomic mass is 10.3. The molecule has 0 spiro atoms. The summed E-state index contributed by atoms with van der Waals surface area (Å²) in [5, 5.41) is 11.1. The topological polar surface area (TPSA) is 96.0 Å². The van der Waals surface area contributed by atoms with Crippen molar-refractivity contribution >= 4 is 34.0 Å². The summed E-state index contributed by atoms with van der Waals surface area (Å²) in [6.45, 7) is 0.259. The molecule has 1 aromatic carbocycles. The number of nitrogens with zero attached hydrogens (tertiary/aromatic N) is 1. The van der Waals surface area contributed by atoms with E-state index in [2.05, 4.69) is 5.32 Å². The van der Waals surface area contributed by atoms with Crippen LogP contribution >= 0.6 is 11.6 Å². The highest BCUT2D eigenvalue weighted by atomic mass is 35.5. The molecule has 0 fully saturated rings. The standard InChI is InChI=1S/C11H12ClN3O2S/c12-9-6-8(2-3-10(9)14)18(17)7-11(16)15-5-1-4-13/h2-3,6H,1,5,7,14H2,(H,15,16). The number of amides is 1. The molecule has 0 aromatic heterocycles. The molecular formula is C11H12ClN3O2S. The summed E-state index contributed by atoms with van der Waals surface area (Å²) >= 11 is 5.80. The molecule has 7 heteroatoms. The fourth-order valence-electron chi connectivity index (χ4n) is 1.16. The van der Waals surface area contributed by atoms with Gasteiger partial charge in [-0.15, -0.1) is 0 Å². The van der Waals surface area contributed by atoms with Crippen LogP contribution in [0.25, 0.3) is 0 Å². The lowest BCUT2D eigenvalue weighted by Gasteiger charge is -2.05. The van der Waals surface area contributed by atoms with Gasteiger partial charge in [0, 0.05) is 11.4 Å². The van der Waals surface area contributed by atoms with Gasteiger partial charge in [-0.05, 0) is 18.2 Å². The minimum Gasteiger partial charge on any atom is -0.398 e. The number of benzene rings is 1. The lowest BCUT2D eigenvalue weighted by molar-refractivity contribution is -0.118. The summed E-state index contributed by atoms with van der Waals surface area (Å²) in [7, 11) is -1.47. The van der Waals surface area contributed by atoms with E-state index in [1.54, 1.807) is 12.1 Å². The molecule has 0 radical (unpaired) electrons. The first-order valence-corrected chi connectivity index (χ1v) is 6.81. The van der Waals surface area contributed by atoms with Gasteiger partial charge in [0.1, 0.15) is 5.75 Å². The van der Waals surface area contributed by atoms with Gasteiger partial charge in [0.2, 0.25) is 5.91 Å². The molecule has 1 rings (SSSR count). The van der Waals surface area contributed by atoms with Crippen LogP contribution in [0.4, 0.5) is 5.69 Å². The minimum atomic E-state index is -1.47. The molecule has 3 N–H and O–H groups in total. The number of halogens is 1. The van der Waals surface area contributed by atoms with Crippen molar-refractivity contribution in [1.29, 1.82) is 5.26 Å². The first kappa shape index (κ1) is 14.5. The molecule has 96 valence electrons. The van der Waals surface area contributed by atoms with Crippen molar-refractivity contribution in [3.05, 3.63) is 23.2 Å². The minimum absolute atomic E-state index is 0.161. The third-order valence-electron chi connectivity index (χ3n) is 2.06. The van der Waals surface area contributed by atoms with Crippen molar-refractivity contribution in [2.45, 2.75) is 11.3 Å². The van der Waals surface area contributed by atoms with Gasteiger partial charge in [-0.3, -0.25) is 9.00 Å². The van der Waals surface area contributed by atoms with E-state index >= 15 is 0 Å². The van der Waals surface area contributed by atoms with Crippen molar-refractivity contribution < 1.29 is 9.00 Å². The first-order valence-electron chi connectivity index (χ1n) is 5.11. The van der Waals surface area contributed by atoms with Crippen molar-refractivity contribution in [2.24, 2.45) is 0 Å². The molecule has 1 amide bonds. The summed E-state index contributed by atoms with van der Waals surface area (Å²) in [6.07, 6.45) is 0.228. The number of nitrogens with one attached hydrogen (secondary N) is 1. The Hall–Kier alpha value is -1.58. The van der Waals surface area contributed by atoms with Gasteiger partial charge < -0.3 is 11.1 Å². The molecule has 1 unspecified atom stereocenters. The van der Waals surface area contributed by atoms with Crippen LogP contribution in [0.3, 0.4) is 0 Å². The number of anilines is 1. The number of hydrogen-bond acceptors (Lipinski definition) is 4. The predicted octanol–water partition coefficient (Wildman–Crippen LogP) is 1.06. The van der Waals surface area contributed by atoms with Crippen LogP contribution < -0.4 is 11.1 Å². The fourth-order valence-corrected chi connectivity index (χ4v) is 2.38. The second-order valence-corrected chi connectivity index (χ2v) is 5.29. The van der Waals surface area contributed by atoms with Gasteiger partial charge in [0.15, 0.2) is 0 Å². The van der Waals surface area contributed by atoms with E-state index in [4.69, 9.17) is 22.6 Å². The van der Waals surface area contributed by atoms with Gasteiger partial charge in [0.05, 0.1) is 34.0 Å². The third kappa shape index (κ3) is 4.35. The highest BCUT2D eigenvalue weighted by Crippen LogP contribution is 2.21. The van der Waals surface area contributed by atoms with Crippen LogP contribution in [0.1, 0.15) is 6.42 Å². The maximum Gasteiger partial charge on any atom is 0.233 e. The van der Waals surface area contributed by atoms with E-state index in [1.165, 1.54) is 6.07 Å². The third-order valence-corrected chi connectivity index (χ3v) is 3.69. The molecule has 5 nitrogen and oxygen atoms in total. The van der Waals surface area contributed by atoms with Gasteiger partial charge in [-0.2, -0.15) is 5.26 Å². The predicted molar refractivity (Wildman–Crippen MR) is 70.4 cm³/mol. The van der Waals surface area contributed by atoms with E-state index in [-0.39, 0.29) is 24.6 Å². The van der Waals surface area contributed by atoms with Gasteiger partial charge in [-0.1, -0.05) is 11.6 Å². The molecule has 1 aromatic rings. The zero-order chi connectivity index (χ0) is 13.5. The lowest BCUT2D eigenvalue weighted by Crippen LogP contribution is -2.29. The average molecular weight is 286 g/mol. The van der Waals surface area contributed by atoms with Crippen LogP contribution in [-0.4, -0.2) is 22.4 Å². The van der Waals surface area contributed by atoms with Crippen molar-refractivity contribution in [1.82, 2.24) is 5.32 Å². The normalized spacial score (nSPS) is 11.6. The highest BCUT2D eigenvalue weighted by Gasteiger charge is 2.11. The Labute approximate surface area is 112 Å². The van der Waals surface area contributed by atoms with Crippen LogP contribution in [0.2, 0.25) is 5.02 Å². The molecule has 0 aliphatic carbocycles. The molecule has 1 atom stereocenters. The van der Waals surface area contributed by atoms with Gasteiger partial charge >= 0.3 is 0 Å².